The fraction of sp³-hybridized carbons (Fsp3) is 0.273. The number of amides is 1. The maximum Gasteiger partial charge on any atom is 0.270 e. The fourth-order valence-electron chi connectivity index (χ4n) is 1.26. The van der Waals surface area contributed by atoms with Crippen LogP contribution < -0.4 is 5.32 Å². The van der Waals surface area contributed by atoms with Crippen molar-refractivity contribution in [2.24, 2.45) is 0 Å². The van der Waals surface area contributed by atoms with Crippen molar-refractivity contribution in [2.45, 2.75) is 6.42 Å². The van der Waals surface area contributed by atoms with E-state index in [-0.39, 0.29) is 12.5 Å². The first-order chi connectivity index (χ1) is 8.31. The van der Waals surface area contributed by atoms with Gasteiger partial charge < -0.3 is 14.8 Å². The monoisotopic (exact) mass is 252 g/mol. The molecule has 0 fully saturated rings. The number of nitrogens with zero attached hydrogens (tertiary/aromatic N) is 1. The van der Waals surface area contributed by atoms with Crippen LogP contribution in [0.1, 0.15) is 16.9 Å². The average Bonchev–Trinajstić information content (AvgIpc) is 3.00. The van der Waals surface area contributed by atoms with Crippen LogP contribution >= 0.6 is 11.3 Å². The zero-order valence-electron chi connectivity index (χ0n) is 9.05. The van der Waals surface area contributed by atoms with E-state index in [1.54, 1.807) is 23.8 Å². The maximum atomic E-state index is 11.6. The van der Waals surface area contributed by atoms with Crippen LogP contribution in [0.2, 0.25) is 0 Å². The number of aliphatic hydroxyl groups excluding tert-OH is 1. The normalized spacial score (nSPS) is 10.4. The molecule has 0 spiro atoms. The number of carbonyl (C=O) groups is 1. The summed E-state index contributed by atoms with van der Waals surface area (Å²) in [6.45, 7) is 0.512. The van der Waals surface area contributed by atoms with Crippen LogP contribution in [0.4, 0.5) is 0 Å². The molecule has 0 aliphatic heterocycles. The van der Waals surface area contributed by atoms with Gasteiger partial charge in [0.25, 0.3) is 5.91 Å². The molecule has 0 aliphatic carbocycles. The molecule has 0 unspecified atom stereocenters. The van der Waals surface area contributed by atoms with Crippen LogP contribution in [0.15, 0.2) is 28.2 Å². The number of aliphatic hydroxyl groups is 1. The Hall–Kier alpha value is -1.66. The van der Waals surface area contributed by atoms with Crippen molar-refractivity contribution in [2.75, 3.05) is 13.2 Å². The van der Waals surface area contributed by atoms with Crippen molar-refractivity contribution in [3.05, 3.63) is 29.5 Å². The number of aromatic nitrogens is 1. The minimum Gasteiger partial charge on any atom is -0.462 e. The van der Waals surface area contributed by atoms with E-state index in [2.05, 4.69) is 10.3 Å². The van der Waals surface area contributed by atoms with Crippen LogP contribution in [0.5, 0.6) is 0 Å². The summed E-state index contributed by atoms with van der Waals surface area (Å²) in [5, 5.41) is 13.6. The molecule has 2 aromatic rings. The number of hydrogen-bond donors (Lipinski definition) is 2. The van der Waals surface area contributed by atoms with E-state index in [1.165, 1.54) is 11.3 Å². The highest BCUT2D eigenvalue weighted by Crippen LogP contribution is 2.23. The van der Waals surface area contributed by atoms with Crippen LogP contribution in [0.25, 0.3) is 10.8 Å². The standard InChI is InChI=1S/C11H12N2O3S/c14-5-2-4-12-10(15)8-7-17-11(13-8)9-3-1-6-16-9/h1,3,6-7,14H,2,4-5H2,(H,12,15). The molecule has 17 heavy (non-hydrogen) atoms. The first-order valence-electron chi connectivity index (χ1n) is 5.19. The molecule has 2 aromatic heterocycles. The Kier molecular flexibility index (Phi) is 3.89. The summed E-state index contributed by atoms with van der Waals surface area (Å²) >= 11 is 1.36. The predicted molar refractivity (Wildman–Crippen MR) is 63.9 cm³/mol. The Morgan fingerprint density at radius 1 is 1.59 bits per heavy atom. The Balaban J connectivity index is 2.01. The number of nitrogens with one attached hydrogen (secondary N) is 1. The van der Waals surface area contributed by atoms with Crippen molar-refractivity contribution < 1.29 is 14.3 Å². The summed E-state index contributed by atoms with van der Waals surface area (Å²) in [5.41, 5.74) is 0.374. The molecular formula is C11H12N2O3S. The maximum absolute atomic E-state index is 11.6. The smallest absolute Gasteiger partial charge is 0.270 e. The van der Waals surface area contributed by atoms with Crippen LogP contribution in [0.3, 0.4) is 0 Å². The molecule has 90 valence electrons. The number of thiazole rings is 1. The van der Waals surface area contributed by atoms with Gasteiger partial charge in [-0.2, -0.15) is 0 Å². The molecular weight excluding hydrogens is 240 g/mol. The van der Waals surface area contributed by atoms with Crippen LogP contribution in [-0.4, -0.2) is 29.1 Å². The van der Waals surface area contributed by atoms with Gasteiger partial charge in [-0.1, -0.05) is 0 Å². The summed E-state index contributed by atoms with van der Waals surface area (Å²) in [6.07, 6.45) is 2.11. The molecule has 0 atom stereocenters. The SMILES string of the molecule is O=C(NCCCO)c1csc(-c2ccco2)n1. The molecule has 0 saturated heterocycles. The van der Waals surface area contributed by atoms with E-state index in [0.717, 1.165) is 0 Å². The summed E-state index contributed by atoms with van der Waals surface area (Å²) in [6, 6.07) is 3.57. The van der Waals surface area contributed by atoms with Gasteiger partial charge in [-0.05, 0) is 18.6 Å². The molecule has 2 heterocycles. The summed E-state index contributed by atoms with van der Waals surface area (Å²) in [4.78, 5) is 15.8. The number of furan rings is 1. The average molecular weight is 252 g/mol. The Morgan fingerprint density at radius 2 is 2.47 bits per heavy atom. The Labute approximate surface area is 102 Å². The lowest BCUT2D eigenvalue weighted by atomic mass is 10.4. The lowest BCUT2D eigenvalue weighted by Gasteiger charge is -1.99. The largest absolute Gasteiger partial charge is 0.462 e. The molecule has 0 radical (unpaired) electrons. The minimum atomic E-state index is -0.229. The highest BCUT2D eigenvalue weighted by Gasteiger charge is 2.12. The lowest BCUT2D eigenvalue weighted by molar-refractivity contribution is 0.0947. The second-order valence-electron chi connectivity index (χ2n) is 3.35. The third-order valence-corrected chi connectivity index (χ3v) is 2.95. The lowest BCUT2D eigenvalue weighted by Crippen LogP contribution is -2.25. The molecule has 0 aliphatic rings. The van der Waals surface area contributed by atoms with Gasteiger partial charge in [0.1, 0.15) is 5.69 Å². The molecule has 6 heteroatoms. The molecule has 2 N–H and O–H groups in total. The van der Waals surface area contributed by atoms with Gasteiger partial charge >= 0.3 is 0 Å². The van der Waals surface area contributed by atoms with Gasteiger partial charge in [-0.25, -0.2) is 4.98 Å². The van der Waals surface area contributed by atoms with Crippen molar-refractivity contribution in [3.8, 4) is 10.8 Å². The quantitative estimate of drug-likeness (QED) is 0.791. The van der Waals surface area contributed by atoms with Crippen LogP contribution in [0, 0.1) is 0 Å². The van der Waals surface area contributed by atoms with Gasteiger partial charge in [-0.3, -0.25) is 4.79 Å². The molecule has 2 rings (SSSR count). The first kappa shape index (κ1) is 11.8. The van der Waals surface area contributed by atoms with Crippen LogP contribution in [-0.2, 0) is 0 Å². The van der Waals surface area contributed by atoms with Gasteiger partial charge in [0.2, 0.25) is 0 Å². The third-order valence-electron chi connectivity index (χ3n) is 2.09. The minimum absolute atomic E-state index is 0.0645. The van der Waals surface area contributed by atoms with Gasteiger partial charge in [0, 0.05) is 18.5 Å². The van der Waals surface area contributed by atoms with E-state index in [9.17, 15) is 4.79 Å². The fourth-order valence-corrected chi connectivity index (χ4v) is 2.03. The zero-order valence-corrected chi connectivity index (χ0v) is 9.87. The molecule has 0 aromatic carbocycles. The summed E-state index contributed by atoms with van der Waals surface area (Å²) in [5.74, 6) is 0.428. The van der Waals surface area contributed by atoms with E-state index in [1.807, 2.05) is 0 Å². The first-order valence-corrected chi connectivity index (χ1v) is 6.07. The Bertz CT molecular complexity index is 479. The van der Waals surface area contributed by atoms with E-state index in [4.69, 9.17) is 9.52 Å². The topological polar surface area (TPSA) is 75.4 Å². The summed E-state index contributed by atoms with van der Waals surface area (Å²) < 4.78 is 5.19. The zero-order chi connectivity index (χ0) is 12.1. The van der Waals surface area contributed by atoms with E-state index >= 15 is 0 Å². The number of carbonyl (C=O) groups excluding carboxylic acids is 1. The third kappa shape index (κ3) is 2.92. The van der Waals surface area contributed by atoms with Crippen molar-refractivity contribution in [1.29, 1.82) is 0 Å². The molecule has 0 saturated carbocycles. The Morgan fingerprint density at radius 3 is 3.18 bits per heavy atom. The van der Waals surface area contributed by atoms with Gasteiger partial charge in [-0.15, -0.1) is 11.3 Å². The highest BCUT2D eigenvalue weighted by atomic mass is 32.1. The van der Waals surface area contributed by atoms with Gasteiger partial charge in [0.15, 0.2) is 10.8 Å². The molecule has 0 bridgehead atoms. The second kappa shape index (κ2) is 5.60. The van der Waals surface area contributed by atoms with Gasteiger partial charge in [0.05, 0.1) is 6.26 Å². The van der Waals surface area contributed by atoms with E-state index in [0.29, 0.717) is 29.4 Å². The summed E-state index contributed by atoms with van der Waals surface area (Å²) in [7, 11) is 0. The number of hydrogen-bond acceptors (Lipinski definition) is 5. The molecule has 1 amide bonds. The second-order valence-corrected chi connectivity index (χ2v) is 4.21. The van der Waals surface area contributed by atoms with Crippen molar-refractivity contribution >= 4 is 17.2 Å². The molecule has 5 nitrogen and oxygen atoms in total. The predicted octanol–water partition coefficient (Wildman–Crippen LogP) is 1.52. The highest BCUT2D eigenvalue weighted by molar-refractivity contribution is 7.13. The van der Waals surface area contributed by atoms with Crippen molar-refractivity contribution in [3.63, 3.8) is 0 Å². The number of rotatable bonds is 5. The van der Waals surface area contributed by atoms with Crippen molar-refractivity contribution in [1.82, 2.24) is 10.3 Å². The van der Waals surface area contributed by atoms with E-state index < -0.39 is 0 Å².